The number of carbonyl (C=O) groups is 2. The minimum absolute atomic E-state index is 0.0452. The van der Waals surface area contributed by atoms with Crippen molar-refractivity contribution in [2.45, 2.75) is 72.3 Å². The monoisotopic (exact) mass is 300 g/mol. The number of aliphatic carboxylic acids is 1. The summed E-state index contributed by atoms with van der Waals surface area (Å²) in [5, 5.41) is 11.8. The fourth-order valence-corrected chi connectivity index (χ4v) is 2.43. The minimum atomic E-state index is -0.887. The summed E-state index contributed by atoms with van der Waals surface area (Å²) in [6.45, 7) is 8.60. The van der Waals surface area contributed by atoms with Crippen LogP contribution < -0.4 is 11.1 Å². The Kier molecular flexibility index (Phi) is 9.26. The molecule has 5 nitrogen and oxygen atoms in total. The summed E-state index contributed by atoms with van der Waals surface area (Å²) >= 11 is 0. The van der Waals surface area contributed by atoms with Crippen molar-refractivity contribution < 1.29 is 14.7 Å². The van der Waals surface area contributed by atoms with Crippen LogP contribution in [0, 0.1) is 11.3 Å². The number of amides is 1. The lowest BCUT2D eigenvalue weighted by atomic mass is 9.84. The van der Waals surface area contributed by atoms with Crippen molar-refractivity contribution >= 4 is 11.9 Å². The summed E-state index contributed by atoms with van der Waals surface area (Å²) in [4.78, 5) is 23.0. The largest absolute Gasteiger partial charge is 0.481 e. The third-order valence-corrected chi connectivity index (χ3v) is 3.81. The zero-order valence-electron chi connectivity index (χ0n) is 13.9. The van der Waals surface area contributed by atoms with Crippen LogP contribution in [0.2, 0.25) is 0 Å². The molecule has 0 aromatic heterocycles. The van der Waals surface area contributed by atoms with Gasteiger partial charge in [0.15, 0.2) is 0 Å². The highest BCUT2D eigenvalue weighted by molar-refractivity contribution is 5.77. The molecule has 0 rings (SSSR count). The molecule has 1 amide bonds. The van der Waals surface area contributed by atoms with Gasteiger partial charge in [0.25, 0.3) is 0 Å². The van der Waals surface area contributed by atoms with Gasteiger partial charge in [-0.1, -0.05) is 40.5 Å². The van der Waals surface area contributed by atoms with Crippen molar-refractivity contribution in [2.24, 2.45) is 17.1 Å². The standard InChI is InChI=1S/C16H32N2O3/c1-5-6-12(9-10-17)7-8-14(19)18-13(11-15(20)21)16(2,3)4/h12-13H,5-11,17H2,1-4H3,(H,18,19)(H,20,21). The lowest BCUT2D eigenvalue weighted by Gasteiger charge is -2.30. The molecule has 2 unspecified atom stereocenters. The van der Waals surface area contributed by atoms with Crippen LogP contribution in [0.5, 0.6) is 0 Å². The van der Waals surface area contributed by atoms with E-state index in [4.69, 9.17) is 10.8 Å². The molecule has 2 atom stereocenters. The second-order valence-electron chi connectivity index (χ2n) is 6.85. The second-order valence-corrected chi connectivity index (χ2v) is 6.85. The summed E-state index contributed by atoms with van der Waals surface area (Å²) < 4.78 is 0. The van der Waals surface area contributed by atoms with Gasteiger partial charge in [-0.2, -0.15) is 0 Å². The second kappa shape index (κ2) is 9.77. The maximum absolute atomic E-state index is 12.1. The first-order valence-electron chi connectivity index (χ1n) is 7.91. The lowest BCUT2D eigenvalue weighted by molar-refractivity contribution is -0.138. The Morgan fingerprint density at radius 1 is 1.19 bits per heavy atom. The Labute approximate surface area is 128 Å². The van der Waals surface area contributed by atoms with Crippen molar-refractivity contribution in [1.29, 1.82) is 0 Å². The van der Waals surface area contributed by atoms with Crippen molar-refractivity contribution in [3.63, 3.8) is 0 Å². The van der Waals surface area contributed by atoms with E-state index in [9.17, 15) is 9.59 Å². The molecule has 0 aromatic rings. The molecule has 0 saturated carbocycles. The number of nitrogens with one attached hydrogen (secondary N) is 1. The third-order valence-electron chi connectivity index (χ3n) is 3.81. The molecule has 0 aliphatic carbocycles. The normalized spacial score (nSPS) is 14.5. The molecule has 0 heterocycles. The smallest absolute Gasteiger partial charge is 0.305 e. The van der Waals surface area contributed by atoms with Crippen LogP contribution in [0.3, 0.4) is 0 Å². The third kappa shape index (κ3) is 9.45. The highest BCUT2D eigenvalue weighted by Crippen LogP contribution is 2.22. The van der Waals surface area contributed by atoms with Crippen LogP contribution in [0.15, 0.2) is 0 Å². The van der Waals surface area contributed by atoms with Gasteiger partial charge in [0.2, 0.25) is 5.91 Å². The van der Waals surface area contributed by atoms with Crippen LogP contribution in [0.4, 0.5) is 0 Å². The Bertz CT molecular complexity index is 318. The SMILES string of the molecule is CCCC(CCN)CCC(=O)NC(CC(=O)O)C(C)(C)C. The van der Waals surface area contributed by atoms with Crippen LogP contribution in [0.25, 0.3) is 0 Å². The minimum Gasteiger partial charge on any atom is -0.481 e. The predicted molar refractivity (Wildman–Crippen MR) is 84.9 cm³/mol. The molecule has 0 aliphatic heterocycles. The summed E-state index contributed by atoms with van der Waals surface area (Å²) in [6.07, 6.45) is 4.34. The number of carboxylic acid groups (broad SMARTS) is 1. The molecule has 0 spiro atoms. The number of hydrogen-bond acceptors (Lipinski definition) is 3. The predicted octanol–water partition coefficient (Wildman–Crippen LogP) is 2.54. The van der Waals surface area contributed by atoms with Gasteiger partial charge in [0.05, 0.1) is 6.42 Å². The van der Waals surface area contributed by atoms with Gasteiger partial charge in [-0.3, -0.25) is 9.59 Å². The van der Waals surface area contributed by atoms with E-state index < -0.39 is 5.97 Å². The zero-order chi connectivity index (χ0) is 16.5. The maximum atomic E-state index is 12.1. The fourth-order valence-electron chi connectivity index (χ4n) is 2.43. The van der Waals surface area contributed by atoms with Crippen LogP contribution >= 0.6 is 0 Å². The van der Waals surface area contributed by atoms with E-state index in [0.29, 0.717) is 18.9 Å². The van der Waals surface area contributed by atoms with Gasteiger partial charge in [0.1, 0.15) is 0 Å². The number of carbonyl (C=O) groups excluding carboxylic acids is 1. The van der Waals surface area contributed by atoms with Gasteiger partial charge >= 0.3 is 5.97 Å². The average Bonchev–Trinajstić information content (AvgIpc) is 2.34. The van der Waals surface area contributed by atoms with Gasteiger partial charge in [-0.15, -0.1) is 0 Å². The van der Waals surface area contributed by atoms with Crippen molar-refractivity contribution in [3.8, 4) is 0 Å². The molecule has 0 bridgehead atoms. The summed E-state index contributed by atoms with van der Waals surface area (Å²) in [5.41, 5.74) is 5.32. The fraction of sp³-hybridized carbons (Fsp3) is 0.875. The van der Waals surface area contributed by atoms with Crippen molar-refractivity contribution in [2.75, 3.05) is 6.54 Å². The molecule has 4 N–H and O–H groups in total. The molecular weight excluding hydrogens is 268 g/mol. The molecule has 0 radical (unpaired) electrons. The Morgan fingerprint density at radius 2 is 1.81 bits per heavy atom. The summed E-state index contributed by atoms with van der Waals surface area (Å²) in [5.74, 6) is -0.463. The van der Waals surface area contributed by atoms with Gasteiger partial charge < -0.3 is 16.2 Å². The van der Waals surface area contributed by atoms with E-state index in [1.54, 1.807) is 0 Å². The number of rotatable bonds is 10. The number of hydrogen-bond donors (Lipinski definition) is 3. The lowest BCUT2D eigenvalue weighted by Crippen LogP contribution is -2.45. The van der Waals surface area contributed by atoms with Crippen LogP contribution in [-0.4, -0.2) is 29.6 Å². The zero-order valence-corrected chi connectivity index (χ0v) is 13.9. The van der Waals surface area contributed by atoms with E-state index in [0.717, 1.165) is 25.7 Å². The molecule has 0 fully saturated rings. The van der Waals surface area contributed by atoms with Crippen LogP contribution in [-0.2, 0) is 9.59 Å². The van der Waals surface area contributed by atoms with E-state index in [1.165, 1.54) is 0 Å². The topological polar surface area (TPSA) is 92.4 Å². The van der Waals surface area contributed by atoms with Gasteiger partial charge in [0, 0.05) is 12.5 Å². The van der Waals surface area contributed by atoms with E-state index in [-0.39, 0.29) is 23.8 Å². The van der Waals surface area contributed by atoms with E-state index >= 15 is 0 Å². The number of carboxylic acids is 1. The Morgan fingerprint density at radius 3 is 2.24 bits per heavy atom. The first-order valence-corrected chi connectivity index (χ1v) is 7.91. The van der Waals surface area contributed by atoms with Crippen molar-refractivity contribution in [3.05, 3.63) is 0 Å². The molecule has 21 heavy (non-hydrogen) atoms. The van der Waals surface area contributed by atoms with E-state index in [2.05, 4.69) is 12.2 Å². The molecule has 0 aliphatic rings. The Balaban J connectivity index is 4.39. The quantitative estimate of drug-likeness (QED) is 0.578. The number of nitrogens with two attached hydrogens (primary N) is 1. The molecule has 124 valence electrons. The first kappa shape index (κ1) is 19.9. The van der Waals surface area contributed by atoms with Crippen molar-refractivity contribution in [1.82, 2.24) is 5.32 Å². The first-order chi connectivity index (χ1) is 9.70. The van der Waals surface area contributed by atoms with Crippen LogP contribution in [0.1, 0.15) is 66.2 Å². The van der Waals surface area contributed by atoms with Gasteiger partial charge in [-0.25, -0.2) is 0 Å². The maximum Gasteiger partial charge on any atom is 0.305 e. The summed E-state index contributed by atoms with van der Waals surface area (Å²) in [7, 11) is 0. The highest BCUT2D eigenvalue weighted by atomic mass is 16.4. The van der Waals surface area contributed by atoms with Gasteiger partial charge in [-0.05, 0) is 30.7 Å². The van der Waals surface area contributed by atoms with E-state index in [1.807, 2.05) is 20.8 Å². The molecule has 5 heteroatoms. The Hall–Kier alpha value is -1.10. The molecular formula is C16H32N2O3. The molecule has 0 saturated heterocycles. The highest BCUT2D eigenvalue weighted by Gasteiger charge is 2.28. The average molecular weight is 300 g/mol. The summed E-state index contributed by atoms with van der Waals surface area (Å²) in [6, 6.07) is -0.346. The molecule has 0 aromatic carbocycles.